The van der Waals surface area contributed by atoms with E-state index in [1.165, 1.54) is 0 Å². The van der Waals surface area contributed by atoms with E-state index in [0.717, 1.165) is 11.3 Å². The molecule has 0 saturated heterocycles. The average Bonchev–Trinajstić information content (AvgIpc) is 2.79. The predicted molar refractivity (Wildman–Crippen MR) is 78.6 cm³/mol. The molecule has 1 heterocycles. The van der Waals surface area contributed by atoms with Crippen molar-refractivity contribution in [2.75, 3.05) is 6.61 Å². The van der Waals surface area contributed by atoms with Gasteiger partial charge in [0.2, 0.25) is 0 Å². The summed E-state index contributed by atoms with van der Waals surface area (Å²) in [7, 11) is 1.86. The maximum Gasteiger partial charge on any atom is 0.268 e. The fraction of sp³-hybridized carbons (Fsp3) is 0.312. The molecule has 1 aromatic carbocycles. The van der Waals surface area contributed by atoms with Gasteiger partial charge in [-0.3, -0.25) is 4.79 Å². The van der Waals surface area contributed by atoms with Gasteiger partial charge >= 0.3 is 0 Å². The molecule has 4 nitrogen and oxygen atoms in total. The Bertz CT molecular complexity index is 575. The van der Waals surface area contributed by atoms with Crippen LogP contribution in [0.15, 0.2) is 42.5 Å². The van der Waals surface area contributed by atoms with Gasteiger partial charge in [-0.2, -0.15) is 0 Å². The van der Waals surface area contributed by atoms with Crippen molar-refractivity contribution in [1.29, 1.82) is 0 Å². The summed E-state index contributed by atoms with van der Waals surface area (Å²) in [5, 5.41) is 12.3. The van der Waals surface area contributed by atoms with Crippen LogP contribution in [0.3, 0.4) is 0 Å². The van der Waals surface area contributed by atoms with Crippen molar-refractivity contribution in [3.63, 3.8) is 0 Å². The van der Waals surface area contributed by atoms with E-state index in [1.807, 2.05) is 54.9 Å². The Morgan fingerprint density at radius 3 is 2.50 bits per heavy atom. The summed E-state index contributed by atoms with van der Waals surface area (Å²) in [5.41, 5.74) is 2.72. The number of hydrogen-bond donors (Lipinski definition) is 2. The Morgan fingerprint density at radius 1 is 1.25 bits per heavy atom. The van der Waals surface area contributed by atoms with Gasteiger partial charge in [0, 0.05) is 12.7 Å². The molecule has 2 rings (SSSR count). The average molecular weight is 272 g/mol. The lowest BCUT2D eigenvalue weighted by molar-refractivity contribution is 0.0908. The molecule has 0 radical (unpaired) electrons. The summed E-state index contributed by atoms with van der Waals surface area (Å²) >= 11 is 0. The number of aliphatic hydroxyl groups is 1. The first-order valence-corrected chi connectivity index (χ1v) is 6.69. The summed E-state index contributed by atoms with van der Waals surface area (Å²) in [4.78, 5) is 12.2. The van der Waals surface area contributed by atoms with Crippen molar-refractivity contribution < 1.29 is 9.90 Å². The number of carbonyl (C=O) groups excluding carboxylic acids is 1. The maximum absolute atomic E-state index is 12.2. The number of carbonyl (C=O) groups is 1. The fourth-order valence-corrected chi connectivity index (χ4v) is 2.16. The zero-order chi connectivity index (χ0) is 14.5. The number of nitrogens with one attached hydrogen (secondary N) is 1. The monoisotopic (exact) mass is 272 g/mol. The third-order valence-corrected chi connectivity index (χ3v) is 3.49. The Balaban J connectivity index is 2.03. The van der Waals surface area contributed by atoms with E-state index in [9.17, 15) is 9.90 Å². The maximum atomic E-state index is 12.2. The van der Waals surface area contributed by atoms with Gasteiger partial charge < -0.3 is 15.0 Å². The summed E-state index contributed by atoms with van der Waals surface area (Å²) in [6.45, 7) is 1.87. The number of benzene rings is 1. The number of aryl methyl sites for hydroxylation is 1. The Morgan fingerprint density at radius 2 is 1.95 bits per heavy atom. The topological polar surface area (TPSA) is 54.3 Å². The number of rotatable bonds is 5. The van der Waals surface area contributed by atoms with Crippen molar-refractivity contribution in [3.8, 4) is 0 Å². The molecule has 1 aromatic heterocycles. The van der Waals surface area contributed by atoms with Gasteiger partial charge in [0.15, 0.2) is 0 Å². The van der Waals surface area contributed by atoms with Gasteiger partial charge in [-0.15, -0.1) is 0 Å². The van der Waals surface area contributed by atoms with E-state index in [4.69, 9.17) is 0 Å². The highest BCUT2D eigenvalue weighted by atomic mass is 16.3. The van der Waals surface area contributed by atoms with Crippen LogP contribution in [0.4, 0.5) is 0 Å². The zero-order valence-corrected chi connectivity index (χ0v) is 11.8. The first-order chi connectivity index (χ1) is 9.61. The molecule has 1 atom stereocenters. The van der Waals surface area contributed by atoms with Crippen LogP contribution in [-0.4, -0.2) is 28.2 Å². The van der Waals surface area contributed by atoms with Gasteiger partial charge in [-0.1, -0.05) is 30.3 Å². The molecule has 0 spiro atoms. The number of aromatic nitrogens is 1. The van der Waals surface area contributed by atoms with E-state index in [1.54, 1.807) is 6.07 Å². The molecular formula is C16H20N2O2. The van der Waals surface area contributed by atoms with Gasteiger partial charge in [-0.25, -0.2) is 0 Å². The van der Waals surface area contributed by atoms with Crippen LogP contribution in [0.1, 0.15) is 21.7 Å². The second-order valence-electron chi connectivity index (χ2n) is 4.96. The van der Waals surface area contributed by atoms with Gasteiger partial charge in [0.25, 0.3) is 5.91 Å². The highest BCUT2D eigenvalue weighted by Crippen LogP contribution is 2.07. The van der Waals surface area contributed by atoms with E-state index in [0.29, 0.717) is 12.1 Å². The Hall–Kier alpha value is -2.07. The normalized spacial score (nSPS) is 12.2. The van der Waals surface area contributed by atoms with E-state index in [2.05, 4.69) is 5.32 Å². The molecular weight excluding hydrogens is 252 g/mol. The van der Waals surface area contributed by atoms with Crippen LogP contribution in [-0.2, 0) is 13.5 Å². The van der Waals surface area contributed by atoms with Crippen molar-refractivity contribution in [2.45, 2.75) is 19.4 Å². The molecule has 0 unspecified atom stereocenters. The number of aliphatic hydroxyl groups excluding tert-OH is 1. The van der Waals surface area contributed by atoms with Gasteiger partial charge in [-0.05, 0) is 31.0 Å². The Kier molecular flexibility index (Phi) is 4.58. The second kappa shape index (κ2) is 6.39. The minimum Gasteiger partial charge on any atom is -0.394 e. The number of hydrogen-bond acceptors (Lipinski definition) is 2. The van der Waals surface area contributed by atoms with Crippen LogP contribution in [0.2, 0.25) is 0 Å². The molecule has 106 valence electrons. The summed E-state index contributed by atoms with van der Waals surface area (Å²) in [6, 6.07) is 13.2. The van der Waals surface area contributed by atoms with Crippen molar-refractivity contribution in [1.82, 2.24) is 9.88 Å². The molecule has 2 N–H and O–H groups in total. The SMILES string of the molecule is Cc1ccc(C(=O)N[C@@H](CO)Cc2ccccc2)n1C. The summed E-state index contributed by atoms with van der Waals surface area (Å²) in [6.07, 6.45) is 0.618. The first kappa shape index (κ1) is 14.3. The molecule has 0 aliphatic heterocycles. The standard InChI is InChI=1S/C16H20N2O2/c1-12-8-9-15(18(12)2)16(20)17-14(11-19)10-13-6-4-3-5-7-13/h3-9,14,19H,10-11H2,1-2H3,(H,17,20)/t14-/m1/s1. The molecule has 4 heteroatoms. The minimum absolute atomic E-state index is 0.0793. The molecule has 0 saturated carbocycles. The lowest BCUT2D eigenvalue weighted by Crippen LogP contribution is -2.39. The highest BCUT2D eigenvalue weighted by molar-refractivity contribution is 5.93. The lowest BCUT2D eigenvalue weighted by atomic mass is 10.1. The summed E-state index contributed by atoms with van der Waals surface area (Å²) < 4.78 is 1.84. The smallest absolute Gasteiger partial charge is 0.268 e. The molecule has 0 fully saturated rings. The fourth-order valence-electron chi connectivity index (χ4n) is 2.16. The van der Waals surface area contributed by atoms with Crippen molar-refractivity contribution in [3.05, 3.63) is 59.4 Å². The van der Waals surface area contributed by atoms with Gasteiger partial charge in [0.05, 0.1) is 12.6 Å². The van der Waals surface area contributed by atoms with Crippen LogP contribution >= 0.6 is 0 Å². The second-order valence-corrected chi connectivity index (χ2v) is 4.96. The van der Waals surface area contributed by atoms with Gasteiger partial charge in [0.1, 0.15) is 5.69 Å². The van der Waals surface area contributed by atoms with E-state index >= 15 is 0 Å². The minimum atomic E-state index is -0.278. The Labute approximate surface area is 119 Å². The zero-order valence-electron chi connectivity index (χ0n) is 11.8. The molecule has 0 bridgehead atoms. The van der Waals surface area contributed by atoms with Crippen LogP contribution < -0.4 is 5.32 Å². The molecule has 20 heavy (non-hydrogen) atoms. The van der Waals surface area contributed by atoms with Crippen LogP contribution in [0, 0.1) is 6.92 Å². The number of nitrogens with zero attached hydrogens (tertiary/aromatic N) is 1. The summed E-state index contributed by atoms with van der Waals surface area (Å²) in [5.74, 6) is -0.157. The molecule has 2 aromatic rings. The first-order valence-electron chi connectivity index (χ1n) is 6.69. The van der Waals surface area contributed by atoms with Crippen LogP contribution in [0.5, 0.6) is 0 Å². The van der Waals surface area contributed by atoms with E-state index < -0.39 is 0 Å². The highest BCUT2D eigenvalue weighted by Gasteiger charge is 2.16. The third kappa shape index (κ3) is 3.27. The van der Waals surface area contributed by atoms with E-state index in [-0.39, 0.29) is 18.6 Å². The molecule has 0 aliphatic carbocycles. The predicted octanol–water partition coefficient (Wildman–Crippen LogP) is 1.67. The molecule has 1 amide bonds. The largest absolute Gasteiger partial charge is 0.394 e. The number of amides is 1. The third-order valence-electron chi connectivity index (χ3n) is 3.49. The van der Waals surface area contributed by atoms with Crippen LogP contribution in [0.25, 0.3) is 0 Å². The van der Waals surface area contributed by atoms with Crippen molar-refractivity contribution >= 4 is 5.91 Å². The quantitative estimate of drug-likeness (QED) is 0.870. The van der Waals surface area contributed by atoms with Crippen molar-refractivity contribution in [2.24, 2.45) is 7.05 Å². The lowest BCUT2D eigenvalue weighted by Gasteiger charge is -2.17. The molecule has 0 aliphatic rings.